The van der Waals surface area contributed by atoms with Gasteiger partial charge in [-0.3, -0.25) is 9.59 Å². The molecule has 2 amide bonds. The Labute approximate surface area is 247 Å². The molecule has 0 bridgehead atoms. The summed E-state index contributed by atoms with van der Waals surface area (Å²) in [4.78, 5) is 35.6. The van der Waals surface area contributed by atoms with Gasteiger partial charge >= 0.3 is 0 Å². The van der Waals surface area contributed by atoms with Gasteiger partial charge in [0.15, 0.2) is 0 Å². The minimum atomic E-state index is -1.04. The van der Waals surface area contributed by atoms with E-state index in [4.69, 9.17) is 0 Å². The molecular weight excluding hydrogens is 522 g/mol. The molecule has 6 heteroatoms. The quantitative estimate of drug-likeness (QED) is 0.316. The fourth-order valence-corrected chi connectivity index (χ4v) is 6.80. The van der Waals surface area contributed by atoms with Crippen molar-refractivity contribution in [1.29, 1.82) is 0 Å². The Morgan fingerprint density at radius 1 is 0.833 bits per heavy atom. The molecule has 214 valence electrons. The Kier molecular flexibility index (Phi) is 7.67. The van der Waals surface area contributed by atoms with Crippen molar-refractivity contribution in [3.8, 4) is 0 Å². The van der Waals surface area contributed by atoms with Crippen molar-refractivity contribution in [2.75, 3.05) is 32.1 Å². The van der Waals surface area contributed by atoms with Crippen LogP contribution in [0.5, 0.6) is 0 Å². The number of amides is 2. The molecule has 0 aromatic heterocycles. The highest BCUT2D eigenvalue weighted by Gasteiger charge is 2.59. The molecule has 4 aromatic carbocycles. The van der Waals surface area contributed by atoms with Crippen LogP contribution in [0.3, 0.4) is 0 Å². The molecule has 4 aromatic rings. The third-order valence-corrected chi connectivity index (χ3v) is 8.72. The minimum Gasteiger partial charge on any atom is -0.392 e. The van der Waals surface area contributed by atoms with Crippen LogP contribution in [0, 0.1) is 0 Å². The lowest BCUT2D eigenvalue weighted by molar-refractivity contribution is -0.128. The van der Waals surface area contributed by atoms with E-state index >= 15 is 4.79 Å². The van der Waals surface area contributed by atoms with Crippen LogP contribution in [0.2, 0.25) is 0 Å². The Morgan fingerprint density at radius 2 is 1.52 bits per heavy atom. The topological polar surface area (TPSA) is 64.1 Å². The van der Waals surface area contributed by atoms with E-state index in [1.54, 1.807) is 0 Å². The maximum absolute atomic E-state index is 15.2. The number of aliphatic hydroxyl groups is 1. The lowest BCUT2D eigenvalue weighted by atomic mass is 9.61. The van der Waals surface area contributed by atoms with Gasteiger partial charge in [-0.25, -0.2) is 0 Å². The molecule has 6 nitrogen and oxygen atoms in total. The summed E-state index contributed by atoms with van der Waals surface area (Å²) >= 11 is 0. The number of carbonyl (C=O) groups excluding carboxylic acids is 2. The van der Waals surface area contributed by atoms with Crippen molar-refractivity contribution in [2.45, 2.75) is 37.5 Å². The van der Waals surface area contributed by atoms with Crippen molar-refractivity contribution in [3.63, 3.8) is 0 Å². The number of hydrogen-bond donors (Lipinski definition) is 1. The molecule has 0 fully saturated rings. The number of nitrogens with zero attached hydrogens (tertiary/aromatic N) is 3. The van der Waals surface area contributed by atoms with Crippen LogP contribution in [-0.4, -0.2) is 53.9 Å². The summed E-state index contributed by atoms with van der Waals surface area (Å²) in [5.41, 5.74) is 5.05. The second kappa shape index (κ2) is 11.6. The van der Waals surface area contributed by atoms with E-state index < -0.39 is 11.5 Å². The highest BCUT2D eigenvalue weighted by atomic mass is 16.3. The van der Waals surface area contributed by atoms with Crippen LogP contribution in [0.15, 0.2) is 103 Å². The largest absolute Gasteiger partial charge is 0.392 e. The Morgan fingerprint density at radius 3 is 2.26 bits per heavy atom. The molecule has 0 unspecified atom stereocenters. The van der Waals surface area contributed by atoms with Crippen LogP contribution < -0.4 is 4.90 Å². The van der Waals surface area contributed by atoms with Crippen molar-refractivity contribution in [2.24, 2.45) is 0 Å². The van der Waals surface area contributed by atoms with E-state index in [9.17, 15) is 9.90 Å². The van der Waals surface area contributed by atoms with Gasteiger partial charge in [-0.15, -0.1) is 0 Å². The lowest BCUT2D eigenvalue weighted by Gasteiger charge is -2.53. The molecule has 0 saturated heterocycles. The van der Waals surface area contributed by atoms with E-state index in [1.807, 2.05) is 121 Å². The second-order valence-corrected chi connectivity index (χ2v) is 11.7. The van der Waals surface area contributed by atoms with Crippen LogP contribution >= 0.6 is 0 Å². The molecule has 1 N–H and O–H groups in total. The summed E-state index contributed by atoms with van der Waals surface area (Å²) in [5.74, 6) is -0.0590. The number of hydrogen-bond acceptors (Lipinski definition) is 4. The summed E-state index contributed by atoms with van der Waals surface area (Å²) in [7, 11) is 4.09. The van der Waals surface area contributed by atoms with Gasteiger partial charge in [-0.1, -0.05) is 91.0 Å². The van der Waals surface area contributed by atoms with E-state index in [0.29, 0.717) is 25.1 Å². The number of rotatable bonds is 8. The highest BCUT2D eigenvalue weighted by molar-refractivity contribution is 6.09. The normalized spacial score (nSPS) is 19.8. The molecule has 2 aliphatic heterocycles. The van der Waals surface area contributed by atoms with Gasteiger partial charge in [0.2, 0.25) is 5.91 Å². The van der Waals surface area contributed by atoms with Gasteiger partial charge in [0, 0.05) is 24.3 Å². The predicted octanol–water partition coefficient (Wildman–Crippen LogP) is 5.36. The third-order valence-electron chi connectivity index (χ3n) is 8.72. The zero-order chi connectivity index (χ0) is 29.3. The Balaban J connectivity index is 1.59. The van der Waals surface area contributed by atoms with E-state index in [-0.39, 0.29) is 18.4 Å². The van der Waals surface area contributed by atoms with Crippen LogP contribution in [0.4, 0.5) is 5.69 Å². The number of benzene rings is 4. The first-order chi connectivity index (χ1) is 20.4. The molecule has 2 heterocycles. The van der Waals surface area contributed by atoms with Gasteiger partial charge in [-0.05, 0) is 73.4 Å². The molecule has 42 heavy (non-hydrogen) atoms. The molecule has 2 atom stereocenters. The van der Waals surface area contributed by atoms with Crippen molar-refractivity contribution < 1.29 is 14.7 Å². The average Bonchev–Trinajstić information content (AvgIpc) is 3.02. The summed E-state index contributed by atoms with van der Waals surface area (Å²) in [5, 5.41) is 9.78. The first-order valence-corrected chi connectivity index (χ1v) is 14.6. The number of aliphatic hydroxyl groups excluding tert-OH is 1. The number of carbonyl (C=O) groups is 2. The lowest BCUT2D eigenvalue weighted by Crippen LogP contribution is -2.62. The summed E-state index contributed by atoms with van der Waals surface area (Å²) in [6, 6.07) is 33.0. The standard InChI is InChI=1S/C36H37N3O3/c1-37(2)21-10-22-38-32-16-9-6-13-29(32)23-36(35(38)42)31-15-8-7-14-30(31)34(41)39(24-26-11-4-3-5-12-26)33(36)28-19-17-27(25-40)18-20-28/h3-9,11-20,33,40H,10,21-25H2,1-2H3/t33-,36-/m0/s1. The Hall–Kier alpha value is -4.26. The monoisotopic (exact) mass is 559 g/mol. The molecule has 0 radical (unpaired) electrons. The van der Waals surface area contributed by atoms with Gasteiger partial charge in [0.05, 0.1) is 12.6 Å². The van der Waals surface area contributed by atoms with Crippen molar-refractivity contribution in [3.05, 3.63) is 137 Å². The van der Waals surface area contributed by atoms with Crippen LogP contribution in [0.25, 0.3) is 0 Å². The van der Waals surface area contributed by atoms with Crippen LogP contribution in [0.1, 0.15) is 50.6 Å². The van der Waals surface area contributed by atoms with Gasteiger partial charge < -0.3 is 19.8 Å². The fraction of sp³-hybridized carbons (Fsp3) is 0.278. The van der Waals surface area contributed by atoms with E-state index in [1.165, 1.54) is 0 Å². The fourth-order valence-electron chi connectivity index (χ4n) is 6.80. The number of para-hydroxylation sites is 1. The minimum absolute atomic E-state index is 0.0224. The molecule has 1 spiro atoms. The third kappa shape index (κ3) is 4.81. The zero-order valence-corrected chi connectivity index (χ0v) is 24.2. The van der Waals surface area contributed by atoms with Gasteiger partial charge in [-0.2, -0.15) is 0 Å². The molecular formula is C36H37N3O3. The van der Waals surface area contributed by atoms with E-state index in [0.717, 1.165) is 46.5 Å². The maximum atomic E-state index is 15.2. The summed E-state index contributed by atoms with van der Waals surface area (Å²) in [6.45, 7) is 1.75. The van der Waals surface area contributed by atoms with Crippen molar-refractivity contribution in [1.82, 2.24) is 9.80 Å². The number of anilines is 1. The highest BCUT2D eigenvalue weighted by Crippen LogP contribution is 2.54. The van der Waals surface area contributed by atoms with E-state index in [2.05, 4.69) is 11.0 Å². The van der Waals surface area contributed by atoms with Crippen molar-refractivity contribution >= 4 is 17.5 Å². The molecule has 0 aliphatic carbocycles. The first-order valence-electron chi connectivity index (χ1n) is 14.6. The summed E-state index contributed by atoms with van der Waals surface area (Å²) < 4.78 is 0. The second-order valence-electron chi connectivity index (χ2n) is 11.7. The first kappa shape index (κ1) is 27.9. The smallest absolute Gasteiger partial charge is 0.255 e. The SMILES string of the molecule is CN(C)CCCN1C(=O)[C@@]2(Cc3ccccc31)c1ccccc1C(=O)N(Cc1ccccc1)[C@H]2c1ccc(CO)cc1. The summed E-state index contributed by atoms with van der Waals surface area (Å²) in [6.07, 6.45) is 1.31. The predicted molar refractivity (Wildman–Crippen MR) is 165 cm³/mol. The molecule has 2 aliphatic rings. The number of fused-ring (bicyclic) bond motifs is 3. The average molecular weight is 560 g/mol. The maximum Gasteiger partial charge on any atom is 0.255 e. The Bertz CT molecular complexity index is 1580. The van der Waals surface area contributed by atoms with Gasteiger partial charge in [0.25, 0.3) is 5.91 Å². The zero-order valence-electron chi connectivity index (χ0n) is 24.2. The van der Waals surface area contributed by atoms with Gasteiger partial charge in [0.1, 0.15) is 5.41 Å². The molecule has 0 saturated carbocycles. The van der Waals surface area contributed by atoms with Crippen LogP contribution in [-0.2, 0) is 29.8 Å². The molecule has 6 rings (SSSR count).